The molecule has 1 atom stereocenters. The van der Waals surface area contributed by atoms with Gasteiger partial charge in [0.2, 0.25) is 0 Å². The zero-order valence-corrected chi connectivity index (χ0v) is 16.4. The third kappa shape index (κ3) is 6.56. The number of rotatable bonds is 8. The molecule has 0 bridgehead atoms. The number of amides is 2. The van der Waals surface area contributed by atoms with Crippen LogP contribution < -0.4 is 10.7 Å². The van der Waals surface area contributed by atoms with Crippen LogP contribution in [0.1, 0.15) is 21.5 Å². The van der Waals surface area contributed by atoms with Crippen molar-refractivity contribution in [3.05, 3.63) is 114 Å². The van der Waals surface area contributed by atoms with Crippen molar-refractivity contribution in [2.24, 2.45) is 5.10 Å². The standard InChI is InChI=1S/C25H23N3O2/c29-24(22-16-8-3-9-17-22)27-23(19-21-13-6-2-7-14-21)25(30)28-26-18-10-15-20-11-4-1-5-12-20/h1-18,23H,19H2,(H,27,29)(H,28,30)/b15-10+,26-18+. The van der Waals surface area contributed by atoms with Crippen LogP contribution in [-0.4, -0.2) is 24.1 Å². The van der Waals surface area contributed by atoms with E-state index in [-0.39, 0.29) is 11.8 Å². The molecule has 2 amide bonds. The molecule has 5 nitrogen and oxygen atoms in total. The molecule has 0 aliphatic heterocycles. The van der Waals surface area contributed by atoms with Gasteiger partial charge in [0.25, 0.3) is 11.8 Å². The van der Waals surface area contributed by atoms with Gasteiger partial charge in [-0.25, -0.2) is 5.43 Å². The van der Waals surface area contributed by atoms with Gasteiger partial charge in [-0.3, -0.25) is 9.59 Å². The van der Waals surface area contributed by atoms with E-state index in [1.165, 1.54) is 6.21 Å². The first kappa shape index (κ1) is 20.7. The molecule has 2 N–H and O–H groups in total. The molecule has 3 aromatic carbocycles. The highest BCUT2D eigenvalue weighted by molar-refractivity contribution is 5.97. The van der Waals surface area contributed by atoms with Crippen LogP contribution in [0, 0.1) is 0 Å². The van der Waals surface area contributed by atoms with E-state index in [1.54, 1.807) is 30.3 Å². The monoisotopic (exact) mass is 397 g/mol. The highest BCUT2D eigenvalue weighted by Crippen LogP contribution is 2.06. The molecule has 0 saturated carbocycles. The van der Waals surface area contributed by atoms with Gasteiger partial charge in [0.05, 0.1) is 0 Å². The first-order valence-corrected chi connectivity index (χ1v) is 9.67. The second-order valence-electron chi connectivity index (χ2n) is 6.61. The van der Waals surface area contributed by atoms with Crippen molar-refractivity contribution in [2.75, 3.05) is 0 Å². The zero-order chi connectivity index (χ0) is 21.0. The lowest BCUT2D eigenvalue weighted by molar-refractivity contribution is -0.122. The molecule has 0 fully saturated rings. The summed E-state index contributed by atoms with van der Waals surface area (Å²) in [6.07, 6.45) is 5.49. The van der Waals surface area contributed by atoms with E-state index in [0.29, 0.717) is 12.0 Å². The van der Waals surface area contributed by atoms with Crippen LogP contribution in [0.15, 0.2) is 102 Å². The number of hydrogen-bond donors (Lipinski definition) is 2. The fourth-order valence-electron chi connectivity index (χ4n) is 2.83. The molecule has 0 aliphatic carbocycles. The molecule has 3 aromatic rings. The maximum Gasteiger partial charge on any atom is 0.262 e. The third-order valence-electron chi connectivity index (χ3n) is 4.36. The first-order chi connectivity index (χ1) is 14.7. The molecular formula is C25H23N3O2. The van der Waals surface area contributed by atoms with E-state index >= 15 is 0 Å². The van der Waals surface area contributed by atoms with Crippen LogP contribution in [0.3, 0.4) is 0 Å². The van der Waals surface area contributed by atoms with Crippen LogP contribution in [-0.2, 0) is 11.2 Å². The molecular weight excluding hydrogens is 374 g/mol. The zero-order valence-electron chi connectivity index (χ0n) is 16.4. The predicted molar refractivity (Wildman–Crippen MR) is 120 cm³/mol. The fraction of sp³-hybridized carbons (Fsp3) is 0.0800. The Morgan fingerprint density at radius 1 is 0.833 bits per heavy atom. The summed E-state index contributed by atoms with van der Waals surface area (Å²) >= 11 is 0. The fourth-order valence-corrected chi connectivity index (χ4v) is 2.83. The molecule has 150 valence electrons. The van der Waals surface area contributed by atoms with Gasteiger partial charge in [-0.15, -0.1) is 0 Å². The molecule has 1 unspecified atom stereocenters. The van der Waals surface area contributed by atoms with Crippen LogP contribution in [0.5, 0.6) is 0 Å². The number of hydrogen-bond acceptors (Lipinski definition) is 3. The van der Waals surface area contributed by atoms with E-state index < -0.39 is 6.04 Å². The normalized spacial score (nSPS) is 12.0. The number of carbonyl (C=O) groups is 2. The lowest BCUT2D eigenvalue weighted by Gasteiger charge is -2.17. The second-order valence-corrected chi connectivity index (χ2v) is 6.61. The van der Waals surface area contributed by atoms with Gasteiger partial charge >= 0.3 is 0 Å². The minimum absolute atomic E-state index is 0.306. The predicted octanol–water partition coefficient (Wildman–Crippen LogP) is 3.84. The van der Waals surface area contributed by atoms with E-state index in [4.69, 9.17) is 0 Å². The number of allylic oxidation sites excluding steroid dienone is 1. The smallest absolute Gasteiger partial charge is 0.262 e. The maximum absolute atomic E-state index is 12.7. The SMILES string of the molecule is O=C(NC(Cc1ccccc1)C(=O)N/N=C/C=C/c1ccccc1)c1ccccc1. The minimum Gasteiger partial charge on any atom is -0.340 e. The Bertz CT molecular complexity index is 1000. The molecule has 0 aliphatic rings. The summed E-state index contributed by atoms with van der Waals surface area (Å²) in [4.78, 5) is 25.2. The summed E-state index contributed by atoms with van der Waals surface area (Å²) in [5.74, 6) is -0.688. The van der Waals surface area contributed by atoms with Crippen molar-refractivity contribution in [3.8, 4) is 0 Å². The lowest BCUT2D eigenvalue weighted by atomic mass is 10.0. The van der Waals surface area contributed by atoms with E-state index in [1.807, 2.05) is 72.8 Å². The Morgan fingerprint density at radius 2 is 1.43 bits per heavy atom. The van der Waals surface area contributed by atoms with Gasteiger partial charge < -0.3 is 5.32 Å². The van der Waals surface area contributed by atoms with Crippen molar-refractivity contribution < 1.29 is 9.59 Å². The minimum atomic E-state index is -0.754. The van der Waals surface area contributed by atoms with Crippen LogP contribution in [0.4, 0.5) is 0 Å². The van der Waals surface area contributed by atoms with Crippen molar-refractivity contribution in [1.29, 1.82) is 0 Å². The number of benzene rings is 3. The molecule has 5 heteroatoms. The van der Waals surface area contributed by atoms with Crippen molar-refractivity contribution in [3.63, 3.8) is 0 Å². The summed E-state index contributed by atoms with van der Waals surface area (Å²) in [7, 11) is 0. The van der Waals surface area contributed by atoms with Gasteiger partial charge in [0.1, 0.15) is 6.04 Å². The first-order valence-electron chi connectivity index (χ1n) is 9.67. The number of nitrogens with zero attached hydrogens (tertiary/aromatic N) is 1. The van der Waals surface area contributed by atoms with Crippen LogP contribution >= 0.6 is 0 Å². The van der Waals surface area contributed by atoms with Crippen molar-refractivity contribution >= 4 is 24.1 Å². The summed E-state index contributed by atoms with van der Waals surface area (Å²) in [6.45, 7) is 0. The molecule has 0 heterocycles. The van der Waals surface area contributed by atoms with Crippen molar-refractivity contribution in [1.82, 2.24) is 10.7 Å². The molecule has 0 radical (unpaired) electrons. The average molecular weight is 397 g/mol. The molecule has 30 heavy (non-hydrogen) atoms. The Labute approximate surface area is 176 Å². The van der Waals surface area contributed by atoms with Crippen LogP contribution in [0.2, 0.25) is 0 Å². The Kier molecular flexibility index (Phi) is 7.69. The Morgan fingerprint density at radius 3 is 2.10 bits per heavy atom. The van der Waals surface area contributed by atoms with E-state index in [0.717, 1.165) is 11.1 Å². The number of nitrogens with one attached hydrogen (secondary N) is 2. The molecule has 0 saturated heterocycles. The van der Waals surface area contributed by atoms with E-state index in [9.17, 15) is 9.59 Å². The molecule has 0 spiro atoms. The van der Waals surface area contributed by atoms with Gasteiger partial charge in [0.15, 0.2) is 0 Å². The average Bonchev–Trinajstić information content (AvgIpc) is 2.80. The quantitative estimate of drug-likeness (QED) is 0.448. The summed E-state index contributed by atoms with van der Waals surface area (Å²) in [5.41, 5.74) is 4.99. The Balaban J connectivity index is 1.64. The van der Waals surface area contributed by atoms with Crippen LogP contribution in [0.25, 0.3) is 6.08 Å². The van der Waals surface area contributed by atoms with Crippen molar-refractivity contribution in [2.45, 2.75) is 12.5 Å². The molecule has 0 aromatic heterocycles. The third-order valence-corrected chi connectivity index (χ3v) is 4.36. The number of hydrazone groups is 1. The highest BCUT2D eigenvalue weighted by atomic mass is 16.2. The second kappa shape index (κ2) is 11.1. The Hall–Kier alpha value is -3.99. The summed E-state index contributed by atoms with van der Waals surface area (Å²) in [6, 6.07) is 27.4. The largest absolute Gasteiger partial charge is 0.340 e. The molecule has 3 rings (SSSR count). The van der Waals surface area contributed by atoms with Gasteiger partial charge in [0, 0.05) is 18.2 Å². The van der Waals surface area contributed by atoms with Gasteiger partial charge in [-0.2, -0.15) is 5.10 Å². The number of carbonyl (C=O) groups excluding carboxylic acids is 2. The summed E-state index contributed by atoms with van der Waals surface area (Å²) in [5, 5.41) is 6.77. The lowest BCUT2D eigenvalue weighted by Crippen LogP contribution is -2.46. The highest BCUT2D eigenvalue weighted by Gasteiger charge is 2.21. The van der Waals surface area contributed by atoms with Gasteiger partial charge in [-0.1, -0.05) is 84.9 Å². The summed E-state index contributed by atoms with van der Waals surface area (Å²) < 4.78 is 0. The van der Waals surface area contributed by atoms with Gasteiger partial charge in [-0.05, 0) is 29.3 Å². The maximum atomic E-state index is 12.7. The topological polar surface area (TPSA) is 70.6 Å². The van der Waals surface area contributed by atoms with E-state index in [2.05, 4.69) is 15.8 Å².